The van der Waals surface area contributed by atoms with Crippen LogP contribution in [0.25, 0.3) is 0 Å². The van der Waals surface area contributed by atoms with Gasteiger partial charge in [-0.05, 0) is 73.0 Å². The molecule has 2 N–H and O–H groups in total. The molecular formula is C24H20FN3O4S. The van der Waals surface area contributed by atoms with Crippen LogP contribution in [0, 0.1) is 5.82 Å². The lowest BCUT2D eigenvalue weighted by Gasteiger charge is -2.32. The molecule has 0 bridgehead atoms. The van der Waals surface area contributed by atoms with Gasteiger partial charge in [-0.3, -0.25) is 13.9 Å². The summed E-state index contributed by atoms with van der Waals surface area (Å²) in [5, 5.41) is 5.53. The third-order valence-corrected chi connectivity index (χ3v) is 7.66. The molecule has 0 fully saturated rings. The highest BCUT2D eigenvalue weighted by Crippen LogP contribution is 2.37. The molecule has 2 heterocycles. The Balaban J connectivity index is 1.47. The van der Waals surface area contributed by atoms with Crippen LogP contribution < -0.4 is 14.9 Å². The Kier molecular flexibility index (Phi) is 5.13. The number of benzene rings is 3. The molecule has 33 heavy (non-hydrogen) atoms. The molecule has 0 saturated carbocycles. The van der Waals surface area contributed by atoms with Crippen LogP contribution in [0.2, 0.25) is 0 Å². The molecule has 2 amide bonds. The molecule has 0 aromatic heterocycles. The molecule has 7 nitrogen and oxygen atoms in total. The van der Waals surface area contributed by atoms with E-state index in [1.807, 2.05) is 0 Å². The number of hydrogen-bond acceptors (Lipinski definition) is 4. The standard InChI is InChI=1S/C24H20FN3O4S/c25-17-8-6-15(7-9-17)24(30)27-21-4-1-5-22-19(21)3-2-12-28(22)33(31,32)18-10-11-20-16(13-18)14-23(29)26-20/h1,4-11,13H,2-3,12,14H2,(H,26,29)(H,27,30). The van der Waals surface area contributed by atoms with E-state index in [1.54, 1.807) is 24.3 Å². The number of rotatable bonds is 4. The lowest BCUT2D eigenvalue weighted by Crippen LogP contribution is -2.36. The van der Waals surface area contributed by atoms with Crippen LogP contribution >= 0.6 is 0 Å². The van der Waals surface area contributed by atoms with Crippen molar-refractivity contribution in [3.05, 3.63) is 83.2 Å². The number of carbonyl (C=O) groups excluding carboxylic acids is 2. The number of amides is 2. The Hall–Kier alpha value is -3.72. The van der Waals surface area contributed by atoms with E-state index in [9.17, 15) is 22.4 Å². The third kappa shape index (κ3) is 3.84. The number of carbonyl (C=O) groups is 2. The minimum absolute atomic E-state index is 0.117. The Morgan fingerprint density at radius 1 is 1.06 bits per heavy atom. The van der Waals surface area contributed by atoms with Gasteiger partial charge in [-0.2, -0.15) is 0 Å². The van der Waals surface area contributed by atoms with E-state index in [0.29, 0.717) is 47.6 Å². The molecule has 3 aromatic rings. The zero-order valence-corrected chi connectivity index (χ0v) is 18.3. The number of nitrogens with one attached hydrogen (secondary N) is 2. The normalized spacial score (nSPS) is 14.9. The van der Waals surface area contributed by atoms with E-state index >= 15 is 0 Å². The van der Waals surface area contributed by atoms with Gasteiger partial charge in [0.1, 0.15) is 5.82 Å². The van der Waals surface area contributed by atoms with Crippen molar-refractivity contribution in [2.24, 2.45) is 0 Å². The highest BCUT2D eigenvalue weighted by Gasteiger charge is 2.31. The van der Waals surface area contributed by atoms with E-state index in [2.05, 4.69) is 10.6 Å². The van der Waals surface area contributed by atoms with Gasteiger partial charge >= 0.3 is 0 Å². The minimum atomic E-state index is -3.88. The predicted octanol–water partition coefficient (Wildman–Crippen LogP) is 3.71. The molecule has 0 aliphatic carbocycles. The third-order valence-electron chi connectivity index (χ3n) is 5.85. The maximum atomic E-state index is 13.5. The van der Waals surface area contributed by atoms with Crippen molar-refractivity contribution in [1.82, 2.24) is 0 Å². The zero-order valence-electron chi connectivity index (χ0n) is 17.5. The summed E-state index contributed by atoms with van der Waals surface area (Å²) < 4.78 is 41.6. The maximum absolute atomic E-state index is 13.5. The van der Waals surface area contributed by atoms with Gasteiger partial charge in [-0.25, -0.2) is 12.8 Å². The van der Waals surface area contributed by atoms with Gasteiger partial charge in [0.25, 0.3) is 15.9 Å². The van der Waals surface area contributed by atoms with E-state index in [0.717, 1.165) is 5.56 Å². The van der Waals surface area contributed by atoms with Crippen LogP contribution in [-0.4, -0.2) is 26.8 Å². The molecule has 0 unspecified atom stereocenters. The summed E-state index contributed by atoms with van der Waals surface area (Å²) in [7, 11) is -3.88. The van der Waals surface area contributed by atoms with Crippen LogP contribution in [0.1, 0.15) is 27.9 Å². The SMILES string of the molecule is O=C1Cc2cc(S(=O)(=O)N3CCCc4c(NC(=O)c5ccc(F)cc5)cccc43)ccc2N1. The number of hydrogen-bond donors (Lipinski definition) is 2. The molecule has 2 aliphatic heterocycles. The summed E-state index contributed by atoms with van der Waals surface area (Å²) in [6, 6.07) is 15.0. The fourth-order valence-corrected chi connectivity index (χ4v) is 5.83. The lowest BCUT2D eigenvalue weighted by molar-refractivity contribution is -0.115. The summed E-state index contributed by atoms with van der Waals surface area (Å²) in [5.41, 5.74) is 3.33. The number of sulfonamides is 1. The van der Waals surface area contributed by atoms with Crippen LogP contribution in [-0.2, 0) is 27.7 Å². The maximum Gasteiger partial charge on any atom is 0.264 e. The summed E-state index contributed by atoms with van der Waals surface area (Å²) in [6.07, 6.45) is 1.33. The predicted molar refractivity (Wildman–Crippen MR) is 122 cm³/mol. The molecule has 168 valence electrons. The van der Waals surface area contributed by atoms with Gasteiger partial charge in [-0.1, -0.05) is 6.07 Å². The second-order valence-corrected chi connectivity index (χ2v) is 9.85. The molecule has 9 heteroatoms. The molecule has 5 rings (SSSR count). The van der Waals surface area contributed by atoms with Crippen LogP contribution in [0.3, 0.4) is 0 Å². The van der Waals surface area contributed by atoms with E-state index in [-0.39, 0.29) is 17.2 Å². The molecule has 0 atom stereocenters. The number of anilines is 3. The molecule has 0 spiro atoms. The first kappa shape index (κ1) is 21.1. The van der Waals surface area contributed by atoms with Crippen molar-refractivity contribution in [1.29, 1.82) is 0 Å². The first-order valence-electron chi connectivity index (χ1n) is 10.5. The first-order valence-corrected chi connectivity index (χ1v) is 11.9. The fraction of sp³-hybridized carbons (Fsp3) is 0.167. The second kappa shape index (κ2) is 8.00. The van der Waals surface area contributed by atoms with Crippen molar-refractivity contribution in [3.63, 3.8) is 0 Å². The summed E-state index contributed by atoms with van der Waals surface area (Å²) in [4.78, 5) is 24.4. The zero-order chi connectivity index (χ0) is 23.2. The highest BCUT2D eigenvalue weighted by atomic mass is 32.2. The summed E-state index contributed by atoms with van der Waals surface area (Å²) >= 11 is 0. The molecule has 3 aromatic carbocycles. The quantitative estimate of drug-likeness (QED) is 0.614. The summed E-state index contributed by atoms with van der Waals surface area (Å²) in [5.74, 6) is -1.00. The number of nitrogens with zero attached hydrogens (tertiary/aromatic N) is 1. The summed E-state index contributed by atoms with van der Waals surface area (Å²) in [6.45, 7) is 0.305. The largest absolute Gasteiger partial charge is 0.326 e. The van der Waals surface area contributed by atoms with Gasteiger partial charge in [-0.15, -0.1) is 0 Å². The van der Waals surface area contributed by atoms with Gasteiger partial charge in [0.2, 0.25) is 5.91 Å². The topological polar surface area (TPSA) is 95.6 Å². The Morgan fingerprint density at radius 2 is 1.85 bits per heavy atom. The number of halogens is 1. The molecule has 0 saturated heterocycles. The van der Waals surface area contributed by atoms with E-state index < -0.39 is 21.7 Å². The van der Waals surface area contributed by atoms with Crippen molar-refractivity contribution in [2.75, 3.05) is 21.5 Å². The van der Waals surface area contributed by atoms with Crippen molar-refractivity contribution < 1.29 is 22.4 Å². The second-order valence-electron chi connectivity index (χ2n) is 7.99. The highest BCUT2D eigenvalue weighted by molar-refractivity contribution is 7.92. The number of fused-ring (bicyclic) bond motifs is 2. The van der Waals surface area contributed by atoms with Crippen molar-refractivity contribution in [2.45, 2.75) is 24.2 Å². The monoisotopic (exact) mass is 465 g/mol. The Morgan fingerprint density at radius 3 is 2.64 bits per heavy atom. The van der Waals surface area contributed by atoms with Crippen LogP contribution in [0.4, 0.5) is 21.5 Å². The smallest absolute Gasteiger partial charge is 0.264 e. The Labute approximate surface area is 190 Å². The van der Waals surface area contributed by atoms with Crippen LogP contribution in [0.15, 0.2) is 65.6 Å². The van der Waals surface area contributed by atoms with Crippen molar-refractivity contribution >= 4 is 38.9 Å². The van der Waals surface area contributed by atoms with Crippen LogP contribution in [0.5, 0.6) is 0 Å². The van der Waals surface area contributed by atoms with Crippen molar-refractivity contribution in [3.8, 4) is 0 Å². The van der Waals surface area contributed by atoms with E-state index in [1.165, 1.54) is 40.7 Å². The minimum Gasteiger partial charge on any atom is -0.326 e. The van der Waals surface area contributed by atoms with Gasteiger partial charge in [0.15, 0.2) is 0 Å². The first-order chi connectivity index (χ1) is 15.8. The fourth-order valence-electron chi connectivity index (χ4n) is 4.25. The average Bonchev–Trinajstić information content (AvgIpc) is 3.18. The van der Waals surface area contributed by atoms with Gasteiger partial charge in [0.05, 0.1) is 17.0 Å². The van der Waals surface area contributed by atoms with E-state index in [4.69, 9.17) is 0 Å². The average molecular weight is 466 g/mol. The Bertz CT molecular complexity index is 1390. The molecule has 0 radical (unpaired) electrons. The molecular weight excluding hydrogens is 445 g/mol. The molecule has 2 aliphatic rings. The lowest BCUT2D eigenvalue weighted by atomic mass is 10.0. The van der Waals surface area contributed by atoms with Gasteiger partial charge in [0, 0.05) is 29.0 Å². The van der Waals surface area contributed by atoms with Gasteiger partial charge < -0.3 is 10.6 Å².